The summed E-state index contributed by atoms with van der Waals surface area (Å²) in [5, 5.41) is 6.24. The van der Waals surface area contributed by atoms with Crippen LogP contribution in [0, 0.1) is 0 Å². The Balaban J connectivity index is 0.00000523. The zero-order valence-corrected chi connectivity index (χ0v) is 28.1. The van der Waals surface area contributed by atoms with Gasteiger partial charge in [-0.3, -0.25) is 9.69 Å². The predicted octanol–water partition coefficient (Wildman–Crippen LogP) is 5.47. The van der Waals surface area contributed by atoms with Crippen LogP contribution in [0.5, 0.6) is 0 Å². The SMILES string of the molecule is O=C(O[C@H](Cc1cc(C(F)(F)F)cc(C(F)(F)F)c1)C(=O)N1CCC(N2CCNCC2)CC1)N1CCC(N2CCc3ccccc3NC2=O)CC1.[HH]. The molecule has 0 unspecified atom stereocenters. The molecule has 6 rings (SSSR count). The lowest BCUT2D eigenvalue weighted by Gasteiger charge is -2.41. The second kappa shape index (κ2) is 15.3. The van der Waals surface area contributed by atoms with Gasteiger partial charge < -0.3 is 30.1 Å². The number of alkyl halides is 6. The number of halogens is 6. The Morgan fingerprint density at radius 3 is 2.02 bits per heavy atom. The number of piperazine rings is 1. The number of likely N-dealkylation sites (tertiary alicyclic amines) is 2. The highest BCUT2D eigenvalue weighted by Gasteiger charge is 2.40. The zero-order valence-electron chi connectivity index (χ0n) is 28.1. The molecule has 3 saturated heterocycles. The van der Waals surface area contributed by atoms with Crippen LogP contribution >= 0.6 is 0 Å². The Morgan fingerprint density at radius 1 is 0.804 bits per heavy atom. The van der Waals surface area contributed by atoms with E-state index in [1.165, 1.54) is 9.80 Å². The van der Waals surface area contributed by atoms with Gasteiger partial charge in [-0.2, -0.15) is 26.3 Å². The normalized spacial score (nSPS) is 20.7. The first-order chi connectivity index (χ1) is 24.3. The highest BCUT2D eigenvalue weighted by atomic mass is 19.4. The van der Waals surface area contributed by atoms with Crippen LogP contribution in [-0.2, 0) is 34.7 Å². The molecule has 4 amide bonds. The molecular weight excluding hydrogens is 682 g/mol. The van der Waals surface area contributed by atoms with Crippen LogP contribution in [0.3, 0.4) is 0 Å². The minimum Gasteiger partial charge on any atom is -0.436 e. The van der Waals surface area contributed by atoms with Gasteiger partial charge in [0.2, 0.25) is 0 Å². The maximum absolute atomic E-state index is 13.9. The number of carbonyl (C=O) groups is 3. The molecule has 16 heteroatoms. The molecule has 280 valence electrons. The lowest BCUT2D eigenvalue weighted by atomic mass is 9.98. The third-order valence-corrected chi connectivity index (χ3v) is 10.3. The van der Waals surface area contributed by atoms with Gasteiger partial charge in [0, 0.05) is 84.5 Å². The van der Waals surface area contributed by atoms with Crippen molar-refractivity contribution in [3.8, 4) is 0 Å². The topological polar surface area (TPSA) is 97.5 Å². The molecule has 2 aromatic carbocycles. The zero-order chi connectivity index (χ0) is 36.3. The molecule has 10 nitrogen and oxygen atoms in total. The fraction of sp³-hybridized carbons (Fsp3) is 0.571. The molecular formula is C35H44F6N6O4. The molecule has 4 aliphatic heterocycles. The second-order valence-corrected chi connectivity index (χ2v) is 13.6. The van der Waals surface area contributed by atoms with E-state index < -0.39 is 53.6 Å². The quantitative estimate of drug-likeness (QED) is 0.384. The van der Waals surface area contributed by atoms with E-state index >= 15 is 0 Å². The molecule has 3 fully saturated rings. The number of benzene rings is 2. The summed E-state index contributed by atoms with van der Waals surface area (Å²) in [6.07, 6.45) is -10.6. The third kappa shape index (κ3) is 8.88. The van der Waals surface area contributed by atoms with Gasteiger partial charge in [-0.1, -0.05) is 18.2 Å². The van der Waals surface area contributed by atoms with Crippen LogP contribution in [-0.4, -0.2) is 115 Å². The summed E-state index contributed by atoms with van der Waals surface area (Å²) in [5.41, 5.74) is -1.68. The predicted molar refractivity (Wildman–Crippen MR) is 177 cm³/mol. The number of amides is 4. The van der Waals surface area contributed by atoms with E-state index in [0.29, 0.717) is 63.9 Å². The van der Waals surface area contributed by atoms with Gasteiger partial charge in [-0.05, 0) is 67.5 Å². The summed E-state index contributed by atoms with van der Waals surface area (Å²) >= 11 is 0. The third-order valence-electron chi connectivity index (χ3n) is 10.3. The Bertz CT molecular complexity index is 1540. The number of anilines is 1. The minimum absolute atomic E-state index is 0. The molecule has 0 bridgehead atoms. The van der Waals surface area contributed by atoms with E-state index in [9.17, 15) is 40.7 Å². The Labute approximate surface area is 293 Å². The molecule has 51 heavy (non-hydrogen) atoms. The average molecular weight is 727 g/mol. The van der Waals surface area contributed by atoms with Gasteiger partial charge in [-0.15, -0.1) is 0 Å². The Kier molecular flexibility index (Phi) is 11.0. The number of hydrogen-bond acceptors (Lipinski definition) is 6. The molecule has 2 N–H and O–H groups in total. The number of para-hydroxylation sites is 1. The summed E-state index contributed by atoms with van der Waals surface area (Å²) in [5.74, 6) is -0.663. The highest BCUT2D eigenvalue weighted by Crippen LogP contribution is 2.37. The van der Waals surface area contributed by atoms with Crippen LogP contribution in [0.4, 0.5) is 41.6 Å². The second-order valence-electron chi connectivity index (χ2n) is 13.6. The fourth-order valence-corrected chi connectivity index (χ4v) is 7.53. The summed E-state index contributed by atoms with van der Waals surface area (Å²) in [6, 6.07) is 8.51. The van der Waals surface area contributed by atoms with Crippen molar-refractivity contribution >= 4 is 23.7 Å². The number of carbonyl (C=O) groups excluding carboxylic acids is 3. The minimum atomic E-state index is -5.07. The van der Waals surface area contributed by atoms with E-state index in [-0.39, 0.29) is 38.7 Å². The number of nitrogens with one attached hydrogen (secondary N) is 2. The molecule has 0 radical (unpaired) electrons. The van der Waals surface area contributed by atoms with Crippen molar-refractivity contribution in [3.63, 3.8) is 0 Å². The number of urea groups is 1. The van der Waals surface area contributed by atoms with Crippen LogP contribution in [0.1, 0.15) is 49.4 Å². The molecule has 0 aromatic heterocycles. The van der Waals surface area contributed by atoms with Crippen molar-refractivity contribution in [2.24, 2.45) is 0 Å². The van der Waals surface area contributed by atoms with Crippen LogP contribution in [0.2, 0.25) is 0 Å². The summed E-state index contributed by atoms with van der Waals surface area (Å²) in [6.45, 7) is 4.89. The van der Waals surface area contributed by atoms with E-state index in [1.54, 1.807) is 4.90 Å². The van der Waals surface area contributed by atoms with Gasteiger partial charge >= 0.3 is 24.5 Å². The van der Waals surface area contributed by atoms with Crippen molar-refractivity contribution in [1.82, 2.24) is 24.9 Å². The van der Waals surface area contributed by atoms with Gasteiger partial charge in [-0.25, -0.2) is 9.59 Å². The molecule has 0 saturated carbocycles. The number of rotatable bonds is 6. The van der Waals surface area contributed by atoms with Crippen molar-refractivity contribution in [2.75, 3.05) is 64.2 Å². The van der Waals surface area contributed by atoms with Crippen molar-refractivity contribution < 1.29 is 46.9 Å². The Hall–Kier alpha value is -4.05. The number of hydrogen-bond donors (Lipinski definition) is 2. The molecule has 4 aliphatic rings. The van der Waals surface area contributed by atoms with Gasteiger partial charge in [0.25, 0.3) is 5.91 Å². The molecule has 4 heterocycles. The number of fused-ring (bicyclic) bond motifs is 1. The maximum atomic E-state index is 13.9. The standard InChI is InChI=1S/C35H42F6N6O4.H2/c36-34(37,38)25-19-23(20-26(22-25)35(39,40)41)21-30(31(48)45-12-6-27(7-13-45)44-17-10-42-11-18-44)51-33(50)46-14-8-28(9-15-46)47-16-5-24-3-1-2-4-29(24)43-32(47)49;/h1-4,19-20,22,27-28,30,42H,5-18,21H2,(H,43,49);1H/t30-;/m1./s1. The van der Waals surface area contributed by atoms with Crippen LogP contribution < -0.4 is 10.6 Å². The molecule has 1 atom stereocenters. The largest absolute Gasteiger partial charge is 0.436 e. The number of ether oxygens (including phenoxy) is 1. The van der Waals surface area contributed by atoms with Crippen LogP contribution in [0.25, 0.3) is 0 Å². The first-order valence-corrected chi connectivity index (χ1v) is 17.4. The number of piperidine rings is 2. The van der Waals surface area contributed by atoms with Gasteiger partial charge in [0.15, 0.2) is 6.10 Å². The van der Waals surface area contributed by atoms with E-state index in [4.69, 9.17) is 4.74 Å². The van der Waals surface area contributed by atoms with Gasteiger partial charge in [0.1, 0.15) is 0 Å². The summed E-state index contributed by atoms with van der Waals surface area (Å²) in [4.78, 5) is 47.4. The highest BCUT2D eigenvalue weighted by molar-refractivity contribution is 5.91. The van der Waals surface area contributed by atoms with Crippen LogP contribution in [0.15, 0.2) is 42.5 Å². The molecule has 0 aliphatic carbocycles. The van der Waals surface area contributed by atoms with Crippen molar-refractivity contribution in [1.29, 1.82) is 0 Å². The molecule has 2 aromatic rings. The number of nitrogens with zero attached hydrogens (tertiary/aromatic N) is 4. The van der Waals surface area contributed by atoms with Gasteiger partial charge in [0.05, 0.1) is 11.1 Å². The van der Waals surface area contributed by atoms with E-state index in [1.807, 2.05) is 24.3 Å². The Morgan fingerprint density at radius 2 is 1.39 bits per heavy atom. The van der Waals surface area contributed by atoms with Crippen molar-refractivity contribution in [3.05, 3.63) is 64.7 Å². The first-order valence-electron chi connectivity index (χ1n) is 17.4. The smallest absolute Gasteiger partial charge is 0.416 e. The molecule has 0 spiro atoms. The average Bonchev–Trinajstić information content (AvgIpc) is 3.28. The van der Waals surface area contributed by atoms with Crippen molar-refractivity contribution in [2.45, 2.75) is 69.1 Å². The van der Waals surface area contributed by atoms with E-state index in [2.05, 4.69) is 15.5 Å². The lowest BCUT2D eigenvalue weighted by Crippen LogP contribution is -2.54. The van der Waals surface area contributed by atoms with E-state index in [0.717, 1.165) is 37.4 Å². The monoisotopic (exact) mass is 726 g/mol. The summed E-state index contributed by atoms with van der Waals surface area (Å²) < 4.78 is 87.8. The maximum Gasteiger partial charge on any atom is 0.416 e. The fourth-order valence-electron chi connectivity index (χ4n) is 7.53. The first kappa shape index (κ1) is 36.7. The lowest BCUT2D eigenvalue weighted by molar-refractivity contribution is -0.143. The summed E-state index contributed by atoms with van der Waals surface area (Å²) in [7, 11) is 0.